The first-order chi connectivity index (χ1) is 19.1. The van der Waals surface area contributed by atoms with Crippen LogP contribution in [0.3, 0.4) is 0 Å². The molecule has 4 rings (SSSR count). The lowest BCUT2D eigenvalue weighted by Gasteiger charge is -2.19. The monoisotopic (exact) mass is 577 g/mol. The van der Waals surface area contributed by atoms with Crippen molar-refractivity contribution in [2.45, 2.75) is 44.1 Å². The highest BCUT2D eigenvalue weighted by Crippen LogP contribution is 2.34. The van der Waals surface area contributed by atoms with Crippen molar-refractivity contribution in [3.8, 4) is 11.3 Å². The van der Waals surface area contributed by atoms with Gasteiger partial charge in [-0.2, -0.15) is 0 Å². The van der Waals surface area contributed by atoms with Gasteiger partial charge >= 0.3 is 6.09 Å². The second kappa shape index (κ2) is 13.1. The molecule has 0 fully saturated rings. The first-order valence-corrected chi connectivity index (χ1v) is 14.7. The quantitative estimate of drug-likeness (QED) is 0.134. The standard InChI is InChI=1S/C30H35N5O3S2/c1-30(2,3)38-29(37)31-17-9-16-27(36)33-28-32-24(19-39-28)20-10-6-11-21(18-20)34-40-26-15-8-12-22-23(26)13-7-14-25(22)35(4)5/h6-8,10-15,18-19,34H,9,16-17H2,1-5H3,(H,31,37)(H,32,33,36). The molecule has 1 heterocycles. The number of benzene rings is 3. The van der Waals surface area contributed by atoms with Gasteiger partial charge in [0, 0.05) is 59.7 Å². The zero-order valence-corrected chi connectivity index (χ0v) is 25.0. The van der Waals surface area contributed by atoms with Gasteiger partial charge < -0.3 is 25.0 Å². The Hall–Kier alpha value is -3.76. The Balaban J connectivity index is 1.32. The molecule has 3 aromatic carbocycles. The van der Waals surface area contributed by atoms with Gasteiger partial charge in [0.15, 0.2) is 5.13 Å². The van der Waals surface area contributed by atoms with E-state index in [0.29, 0.717) is 18.1 Å². The average molecular weight is 578 g/mol. The molecule has 2 amide bonds. The molecule has 0 aliphatic carbocycles. The zero-order chi connectivity index (χ0) is 28.7. The van der Waals surface area contributed by atoms with Crippen molar-refractivity contribution in [2.24, 2.45) is 0 Å². The first-order valence-electron chi connectivity index (χ1n) is 13.0. The molecule has 0 atom stereocenters. The SMILES string of the molecule is CN(C)c1cccc2c(SNc3cccc(-c4csc(NC(=O)CCCNC(=O)OC(C)(C)C)n4)c3)cccc12. The molecule has 8 nitrogen and oxygen atoms in total. The fraction of sp³-hybridized carbons (Fsp3) is 0.300. The van der Waals surface area contributed by atoms with Crippen LogP contribution in [0.1, 0.15) is 33.6 Å². The molecular formula is C30H35N5O3S2. The number of fused-ring (bicyclic) bond motifs is 1. The van der Waals surface area contributed by atoms with E-state index in [2.05, 4.69) is 75.7 Å². The van der Waals surface area contributed by atoms with Crippen LogP contribution < -0.4 is 20.3 Å². The maximum Gasteiger partial charge on any atom is 0.407 e. The van der Waals surface area contributed by atoms with E-state index in [1.807, 2.05) is 29.6 Å². The molecule has 0 radical (unpaired) electrons. The topological polar surface area (TPSA) is 95.6 Å². The number of hydrogen-bond acceptors (Lipinski definition) is 8. The molecule has 0 bridgehead atoms. The minimum atomic E-state index is -0.550. The lowest BCUT2D eigenvalue weighted by molar-refractivity contribution is -0.116. The predicted octanol–water partition coefficient (Wildman–Crippen LogP) is 7.39. The fourth-order valence-corrected chi connectivity index (χ4v) is 5.52. The Labute approximate surface area is 243 Å². The van der Waals surface area contributed by atoms with Crippen LogP contribution >= 0.6 is 23.3 Å². The Morgan fingerprint density at radius 2 is 1.77 bits per heavy atom. The number of nitrogens with one attached hydrogen (secondary N) is 3. The summed E-state index contributed by atoms with van der Waals surface area (Å²) in [5.74, 6) is -0.147. The summed E-state index contributed by atoms with van der Waals surface area (Å²) in [6.07, 6.45) is 0.288. The smallest absolute Gasteiger partial charge is 0.407 e. The third-order valence-corrected chi connectivity index (χ3v) is 7.45. The third-order valence-electron chi connectivity index (χ3n) is 5.78. The van der Waals surface area contributed by atoms with Crippen molar-refractivity contribution in [2.75, 3.05) is 35.6 Å². The summed E-state index contributed by atoms with van der Waals surface area (Å²) < 4.78 is 8.66. The largest absolute Gasteiger partial charge is 0.444 e. The molecule has 4 aromatic rings. The molecule has 3 N–H and O–H groups in total. The summed E-state index contributed by atoms with van der Waals surface area (Å²) in [7, 11) is 4.11. The molecule has 10 heteroatoms. The van der Waals surface area contributed by atoms with Crippen molar-refractivity contribution in [3.05, 3.63) is 66.0 Å². The number of ether oxygens (including phenoxy) is 1. The summed E-state index contributed by atoms with van der Waals surface area (Å²) in [6.45, 7) is 5.78. The summed E-state index contributed by atoms with van der Waals surface area (Å²) in [5, 5.41) is 10.4. The van der Waals surface area contributed by atoms with Crippen LogP contribution in [0.25, 0.3) is 22.0 Å². The number of alkyl carbamates (subject to hydrolysis) is 1. The normalized spacial score (nSPS) is 11.2. The molecule has 1 aromatic heterocycles. The molecule has 40 heavy (non-hydrogen) atoms. The van der Waals surface area contributed by atoms with Gasteiger partial charge in [0.1, 0.15) is 5.60 Å². The van der Waals surface area contributed by atoms with Crippen molar-refractivity contribution in [3.63, 3.8) is 0 Å². The molecular weight excluding hydrogens is 542 g/mol. The third kappa shape index (κ3) is 8.12. The van der Waals surface area contributed by atoms with E-state index in [1.165, 1.54) is 27.8 Å². The van der Waals surface area contributed by atoms with E-state index in [9.17, 15) is 9.59 Å². The van der Waals surface area contributed by atoms with E-state index in [0.717, 1.165) is 21.8 Å². The maximum atomic E-state index is 12.4. The minimum absolute atomic E-state index is 0.147. The number of thiazole rings is 1. The van der Waals surface area contributed by atoms with Gasteiger partial charge in [-0.3, -0.25) is 4.79 Å². The van der Waals surface area contributed by atoms with Gasteiger partial charge in [-0.25, -0.2) is 9.78 Å². The van der Waals surface area contributed by atoms with Crippen molar-refractivity contribution >= 4 is 62.6 Å². The first kappa shape index (κ1) is 29.2. The van der Waals surface area contributed by atoms with Crippen molar-refractivity contribution < 1.29 is 14.3 Å². The number of hydrogen-bond donors (Lipinski definition) is 3. The molecule has 0 spiro atoms. The number of amides is 2. The second-order valence-corrected chi connectivity index (χ2v) is 12.1. The summed E-state index contributed by atoms with van der Waals surface area (Å²) in [6, 6.07) is 20.8. The summed E-state index contributed by atoms with van der Waals surface area (Å²) in [4.78, 5) is 31.9. The lowest BCUT2D eigenvalue weighted by Crippen LogP contribution is -2.33. The van der Waals surface area contributed by atoms with Crippen LogP contribution in [0, 0.1) is 0 Å². The van der Waals surface area contributed by atoms with Gasteiger partial charge in [-0.05, 0) is 68.8 Å². The van der Waals surface area contributed by atoms with Crippen LogP contribution in [0.4, 0.5) is 21.3 Å². The minimum Gasteiger partial charge on any atom is -0.444 e. The zero-order valence-electron chi connectivity index (χ0n) is 23.4. The maximum absolute atomic E-state index is 12.4. The molecule has 0 saturated carbocycles. The predicted molar refractivity (Wildman–Crippen MR) is 167 cm³/mol. The van der Waals surface area contributed by atoms with E-state index in [1.54, 1.807) is 32.7 Å². The van der Waals surface area contributed by atoms with E-state index < -0.39 is 11.7 Å². The second-order valence-electron chi connectivity index (χ2n) is 10.4. The Morgan fingerprint density at radius 1 is 1.02 bits per heavy atom. The average Bonchev–Trinajstić information content (AvgIpc) is 3.37. The van der Waals surface area contributed by atoms with Crippen LogP contribution in [-0.4, -0.2) is 43.2 Å². The number of nitrogens with zero attached hydrogens (tertiary/aromatic N) is 2. The van der Waals surface area contributed by atoms with Gasteiger partial charge in [0.2, 0.25) is 5.91 Å². The summed E-state index contributed by atoms with van der Waals surface area (Å²) in [5.41, 5.74) is 3.34. The van der Waals surface area contributed by atoms with Crippen LogP contribution in [0.5, 0.6) is 0 Å². The van der Waals surface area contributed by atoms with Crippen LogP contribution in [0.2, 0.25) is 0 Å². The van der Waals surface area contributed by atoms with Crippen LogP contribution in [-0.2, 0) is 9.53 Å². The molecule has 0 aliphatic rings. The van der Waals surface area contributed by atoms with E-state index in [4.69, 9.17) is 4.74 Å². The number of aromatic nitrogens is 1. The molecule has 0 aliphatic heterocycles. The van der Waals surface area contributed by atoms with Gasteiger partial charge in [-0.15, -0.1) is 11.3 Å². The van der Waals surface area contributed by atoms with Gasteiger partial charge in [0.05, 0.1) is 5.69 Å². The number of rotatable bonds is 10. The van der Waals surface area contributed by atoms with Crippen LogP contribution in [0.15, 0.2) is 70.9 Å². The Bertz CT molecular complexity index is 1480. The van der Waals surface area contributed by atoms with E-state index in [-0.39, 0.29) is 12.3 Å². The fourth-order valence-electron chi connectivity index (χ4n) is 4.00. The lowest BCUT2D eigenvalue weighted by atomic mass is 10.1. The highest BCUT2D eigenvalue weighted by Gasteiger charge is 2.16. The Kier molecular flexibility index (Phi) is 9.54. The number of carbonyl (C=O) groups excluding carboxylic acids is 2. The highest BCUT2D eigenvalue weighted by atomic mass is 32.2. The molecule has 0 saturated heterocycles. The van der Waals surface area contributed by atoms with Gasteiger partial charge in [0.25, 0.3) is 0 Å². The number of carbonyl (C=O) groups is 2. The molecule has 0 unspecified atom stereocenters. The summed E-state index contributed by atoms with van der Waals surface area (Å²) >= 11 is 2.96. The Morgan fingerprint density at radius 3 is 2.55 bits per heavy atom. The van der Waals surface area contributed by atoms with E-state index >= 15 is 0 Å². The van der Waals surface area contributed by atoms with Gasteiger partial charge in [-0.1, -0.05) is 36.4 Å². The number of anilines is 3. The highest BCUT2D eigenvalue weighted by molar-refractivity contribution is 8.00. The van der Waals surface area contributed by atoms with Crippen molar-refractivity contribution in [1.82, 2.24) is 10.3 Å². The molecule has 210 valence electrons. The van der Waals surface area contributed by atoms with Crippen molar-refractivity contribution in [1.29, 1.82) is 0 Å².